The second-order valence-electron chi connectivity index (χ2n) is 7.26. The number of nitrogens with zero attached hydrogens (tertiary/aromatic N) is 2. The van der Waals surface area contributed by atoms with Crippen LogP contribution in [0.3, 0.4) is 0 Å². The molecule has 0 bridgehead atoms. The molecule has 0 spiro atoms. The van der Waals surface area contributed by atoms with Crippen molar-refractivity contribution in [2.45, 2.75) is 24.4 Å². The summed E-state index contributed by atoms with van der Waals surface area (Å²) in [5, 5.41) is 0.442. The van der Waals surface area contributed by atoms with Crippen LogP contribution in [0.25, 0.3) is 0 Å². The smallest absolute Gasteiger partial charge is 0.241 e. The Labute approximate surface area is 182 Å². The van der Waals surface area contributed by atoms with Crippen molar-refractivity contribution in [3.63, 3.8) is 0 Å². The van der Waals surface area contributed by atoms with Gasteiger partial charge in [0, 0.05) is 37.4 Å². The molecule has 1 N–H and O–H groups in total. The van der Waals surface area contributed by atoms with E-state index in [1.54, 1.807) is 7.05 Å². The number of benzene rings is 2. The number of nitrogens with one attached hydrogen (secondary N) is 1. The van der Waals surface area contributed by atoms with Crippen molar-refractivity contribution in [2.75, 3.05) is 38.3 Å². The number of likely N-dealkylation sites (N-methyl/N-ethyl adjacent to an activating group) is 1. The zero-order valence-electron chi connectivity index (χ0n) is 17.0. The van der Waals surface area contributed by atoms with Crippen LogP contribution in [-0.4, -0.2) is 58.6 Å². The van der Waals surface area contributed by atoms with Gasteiger partial charge in [0.25, 0.3) is 0 Å². The van der Waals surface area contributed by atoms with E-state index in [1.165, 1.54) is 36.1 Å². The fraction of sp³-hybridized carbons (Fsp3) is 0.381. The van der Waals surface area contributed by atoms with Gasteiger partial charge in [-0.05, 0) is 48.9 Å². The quantitative estimate of drug-likeness (QED) is 0.699. The molecule has 0 aliphatic carbocycles. The maximum absolute atomic E-state index is 12.7. The number of hydrogen-bond donors (Lipinski definition) is 1. The number of ether oxygens (including phenoxy) is 1. The SMILES string of the molecule is CC(NS(=O)(=O)c1ccc(Cl)cc1)C(=O)N(C)Cc1ccc(N2CCOCC2)cc1. The summed E-state index contributed by atoms with van der Waals surface area (Å²) in [5.41, 5.74) is 2.09. The summed E-state index contributed by atoms with van der Waals surface area (Å²) in [5.74, 6) is -0.315. The number of amides is 1. The third kappa shape index (κ3) is 5.72. The zero-order chi connectivity index (χ0) is 21.7. The van der Waals surface area contributed by atoms with Gasteiger partial charge in [-0.3, -0.25) is 4.79 Å². The van der Waals surface area contributed by atoms with Gasteiger partial charge in [-0.1, -0.05) is 23.7 Å². The van der Waals surface area contributed by atoms with Crippen LogP contribution in [0.1, 0.15) is 12.5 Å². The number of hydrogen-bond acceptors (Lipinski definition) is 5. The highest BCUT2D eigenvalue weighted by molar-refractivity contribution is 7.89. The minimum atomic E-state index is -3.82. The third-order valence-corrected chi connectivity index (χ3v) is 6.74. The van der Waals surface area contributed by atoms with Crippen LogP contribution in [0.5, 0.6) is 0 Å². The van der Waals surface area contributed by atoms with Crippen molar-refractivity contribution in [1.29, 1.82) is 0 Å². The summed E-state index contributed by atoms with van der Waals surface area (Å²) < 4.78 is 32.8. The predicted molar refractivity (Wildman–Crippen MR) is 117 cm³/mol. The fourth-order valence-electron chi connectivity index (χ4n) is 3.28. The predicted octanol–water partition coefficient (Wildman–Crippen LogP) is 2.50. The fourth-order valence-corrected chi connectivity index (χ4v) is 4.60. The van der Waals surface area contributed by atoms with Crippen LogP contribution in [0.15, 0.2) is 53.4 Å². The number of carbonyl (C=O) groups is 1. The molecule has 1 unspecified atom stereocenters. The van der Waals surface area contributed by atoms with E-state index < -0.39 is 16.1 Å². The molecule has 2 aromatic carbocycles. The largest absolute Gasteiger partial charge is 0.378 e. The number of rotatable bonds is 7. The van der Waals surface area contributed by atoms with Gasteiger partial charge >= 0.3 is 0 Å². The average Bonchev–Trinajstić information content (AvgIpc) is 2.74. The van der Waals surface area contributed by atoms with E-state index in [4.69, 9.17) is 16.3 Å². The zero-order valence-corrected chi connectivity index (χ0v) is 18.6. The lowest BCUT2D eigenvalue weighted by atomic mass is 10.1. The Morgan fingerprint density at radius 1 is 1.13 bits per heavy atom. The second-order valence-corrected chi connectivity index (χ2v) is 9.41. The van der Waals surface area contributed by atoms with Crippen molar-refractivity contribution in [3.8, 4) is 0 Å². The first kappa shape index (κ1) is 22.6. The van der Waals surface area contributed by atoms with Gasteiger partial charge in [-0.15, -0.1) is 0 Å². The van der Waals surface area contributed by atoms with E-state index in [-0.39, 0.29) is 10.8 Å². The Morgan fingerprint density at radius 3 is 2.33 bits per heavy atom. The van der Waals surface area contributed by atoms with Crippen molar-refractivity contribution >= 4 is 33.2 Å². The summed E-state index contributed by atoms with van der Waals surface area (Å²) in [6.45, 7) is 5.10. The number of carbonyl (C=O) groups excluding carboxylic acids is 1. The monoisotopic (exact) mass is 451 g/mol. The van der Waals surface area contributed by atoms with E-state index in [1.807, 2.05) is 24.3 Å². The Balaban J connectivity index is 1.58. The Hall–Kier alpha value is -2.13. The molecular weight excluding hydrogens is 426 g/mol. The minimum absolute atomic E-state index is 0.0629. The lowest BCUT2D eigenvalue weighted by Crippen LogP contribution is -2.45. The molecule has 1 atom stereocenters. The van der Waals surface area contributed by atoms with Crippen molar-refractivity contribution in [3.05, 3.63) is 59.1 Å². The summed E-state index contributed by atoms with van der Waals surface area (Å²) in [4.78, 5) is 16.5. The molecule has 1 fully saturated rings. The van der Waals surface area contributed by atoms with Gasteiger partial charge < -0.3 is 14.5 Å². The average molecular weight is 452 g/mol. The molecule has 9 heteroatoms. The van der Waals surface area contributed by atoms with E-state index in [0.29, 0.717) is 11.6 Å². The summed E-state index contributed by atoms with van der Waals surface area (Å²) in [6, 6.07) is 12.9. The maximum atomic E-state index is 12.7. The van der Waals surface area contributed by atoms with Crippen LogP contribution in [0.2, 0.25) is 5.02 Å². The number of anilines is 1. The highest BCUT2D eigenvalue weighted by Crippen LogP contribution is 2.18. The van der Waals surface area contributed by atoms with Crippen molar-refractivity contribution < 1.29 is 17.9 Å². The van der Waals surface area contributed by atoms with Gasteiger partial charge in [0.05, 0.1) is 24.2 Å². The first-order chi connectivity index (χ1) is 14.3. The topological polar surface area (TPSA) is 79.0 Å². The first-order valence-electron chi connectivity index (χ1n) is 9.71. The normalized spacial score (nSPS) is 15.6. The molecule has 0 aromatic heterocycles. The number of morpholine rings is 1. The van der Waals surface area contributed by atoms with Crippen molar-refractivity contribution in [1.82, 2.24) is 9.62 Å². The van der Waals surface area contributed by atoms with Crippen LogP contribution >= 0.6 is 11.6 Å². The summed E-state index contributed by atoms with van der Waals surface area (Å²) in [6.07, 6.45) is 0. The molecule has 1 amide bonds. The molecule has 7 nitrogen and oxygen atoms in total. The molecule has 1 saturated heterocycles. The Bertz CT molecular complexity index is 959. The van der Waals surface area contributed by atoms with Crippen LogP contribution in [0, 0.1) is 0 Å². The molecule has 3 rings (SSSR count). The second kappa shape index (κ2) is 9.78. The van der Waals surface area contributed by atoms with Gasteiger partial charge in [0.2, 0.25) is 15.9 Å². The molecule has 162 valence electrons. The van der Waals surface area contributed by atoms with E-state index in [2.05, 4.69) is 9.62 Å². The Morgan fingerprint density at radius 2 is 1.73 bits per heavy atom. The molecule has 2 aromatic rings. The van der Waals surface area contributed by atoms with Gasteiger partial charge in [0.1, 0.15) is 0 Å². The Kier molecular flexibility index (Phi) is 7.36. The molecular formula is C21H26ClN3O4S. The van der Waals surface area contributed by atoms with Gasteiger partial charge in [-0.25, -0.2) is 8.42 Å². The van der Waals surface area contributed by atoms with Crippen LogP contribution < -0.4 is 9.62 Å². The van der Waals surface area contributed by atoms with E-state index in [0.717, 1.165) is 37.6 Å². The molecule has 1 aliphatic heterocycles. The molecule has 1 aliphatic rings. The standard InChI is InChI=1S/C21H26ClN3O4S/c1-16(23-30(27,28)20-9-5-18(22)6-10-20)21(26)24(2)15-17-3-7-19(8-4-17)25-11-13-29-14-12-25/h3-10,16,23H,11-15H2,1-2H3. The molecule has 30 heavy (non-hydrogen) atoms. The van der Waals surface area contributed by atoms with Gasteiger partial charge in [-0.2, -0.15) is 4.72 Å². The number of sulfonamides is 1. The van der Waals surface area contributed by atoms with Gasteiger partial charge in [0.15, 0.2) is 0 Å². The summed E-state index contributed by atoms with van der Waals surface area (Å²) in [7, 11) is -2.16. The van der Waals surface area contributed by atoms with E-state index >= 15 is 0 Å². The highest BCUT2D eigenvalue weighted by Gasteiger charge is 2.24. The lowest BCUT2D eigenvalue weighted by molar-refractivity contribution is -0.131. The van der Waals surface area contributed by atoms with Crippen LogP contribution in [0.4, 0.5) is 5.69 Å². The third-order valence-electron chi connectivity index (χ3n) is 4.93. The highest BCUT2D eigenvalue weighted by atomic mass is 35.5. The van der Waals surface area contributed by atoms with Crippen LogP contribution in [-0.2, 0) is 26.1 Å². The first-order valence-corrected chi connectivity index (χ1v) is 11.6. The number of halogens is 1. The maximum Gasteiger partial charge on any atom is 0.241 e. The van der Waals surface area contributed by atoms with E-state index in [9.17, 15) is 13.2 Å². The minimum Gasteiger partial charge on any atom is -0.378 e. The molecule has 1 heterocycles. The molecule has 0 saturated carbocycles. The summed E-state index contributed by atoms with van der Waals surface area (Å²) >= 11 is 5.81. The lowest BCUT2D eigenvalue weighted by Gasteiger charge is -2.29. The molecule has 0 radical (unpaired) electrons. The van der Waals surface area contributed by atoms with Crippen molar-refractivity contribution in [2.24, 2.45) is 0 Å².